The average molecular weight is 532 g/mol. The third-order valence-corrected chi connectivity index (χ3v) is 10.6. The Morgan fingerprint density at radius 3 is 2.37 bits per heavy atom. The number of piperazine rings is 1. The van der Waals surface area contributed by atoms with Crippen LogP contribution in [0.25, 0.3) is 17.2 Å². The van der Waals surface area contributed by atoms with Crippen LogP contribution in [0.2, 0.25) is 0 Å². The Morgan fingerprint density at radius 2 is 1.68 bits per heavy atom. The summed E-state index contributed by atoms with van der Waals surface area (Å²) in [5.74, 6) is 1.23. The van der Waals surface area contributed by atoms with Gasteiger partial charge in [-0.05, 0) is 121 Å². The number of carbonyl (C=O) groups is 1. The van der Waals surface area contributed by atoms with Gasteiger partial charge in [-0.15, -0.1) is 0 Å². The highest BCUT2D eigenvalue weighted by atomic mass is 32.2. The van der Waals surface area contributed by atoms with E-state index in [1.807, 2.05) is 36.4 Å². The third kappa shape index (κ3) is 4.28. The van der Waals surface area contributed by atoms with Crippen molar-refractivity contribution in [2.24, 2.45) is 22.7 Å². The topological polar surface area (TPSA) is 56.1 Å². The first-order valence-electron chi connectivity index (χ1n) is 13.9. The molecular formula is C31H34FN3O2S. The second kappa shape index (κ2) is 9.23. The number of thioether (sulfide) groups is 1. The van der Waals surface area contributed by atoms with Crippen LogP contribution in [0.4, 0.5) is 4.39 Å². The predicted molar refractivity (Wildman–Crippen MR) is 150 cm³/mol. The lowest BCUT2D eigenvalue weighted by Crippen LogP contribution is -2.48. The third-order valence-electron chi connectivity index (χ3n) is 9.57. The van der Waals surface area contributed by atoms with Crippen LogP contribution >= 0.6 is 11.8 Å². The molecule has 38 heavy (non-hydrogen) atoms. The van der Waals surface area contributed by atoms with Gasteiger partial charge in [0.2, 0.25) is 0 Å². The van der Waals surface area contributed by atoms with Crippen molar-refractivity contribution in [3.8, 4) is 16.9 Å². The smallest absolute Gasteiger partial charge is 0.286 e. The quantitative estimate of drug-likeness (QED) is 0.501. The SMILES string of the molecule is CN1CCN(C2=NC(=O)/C(=C/c3cccc(-c4cc(F)c(O)c(C56CC7CC(CC(C7)C5)C6)c4)c3)S2)CC1. The van der Waals surface area contributed by atoms with Crippen LogP contribution in [0.3, 0.4) is 0 Å². The minimum atomic E-state index is -0.538. The maximum atomic E-state index is 15.2. The van der Waals surface area contributed by atoms with E-state index in [0.717, 1.165) is 72.9 Å². The second-order valence-corrected chi connectivity index (χ2v) is 13.3. The molecule has 0 atom stereocenters. The van der Waals surface area contributed by atoms with Gasteiger partial charge in [0.15, 0.2) is 16.7 Å². The number of benzene rings is 2. The summed E-state index contributed by atoms with van der Waals surface area (Å²) < 4.78 is 15.2. The molecule has 2 aliphatic heterocycles. The van der Waals surface area contributed by atoms with Crippen LogP contribution in [0.1, 0.15) is 49.7 Å². The zero-order valence-corrected chi connectivity index (χ0v) is 22.6. The van der Waals surface area contributed by atoms with Crippen LogP contribution in [-0.4, -0.2) is 59.2 Å². The molecule has 8 rings (SSSR count). The molecule has 2 aromatic rings. The molecule has 6 aliphatic rings. The molecule has 4 aliphatic carbocycles. The molecule has 1 amide bonds. The molecule has 198 valence electrons. The number of halogens is 1. The lowest BCUT2D eigenvalue weighted by atomic mass is 9.48. The van der Waals surface area contributed by atoms with Crippen molar-refractivity contribution in [1.82, 2.24) is 9.80 Å². The molecule has 5 nitrogen and oxygen atoms in total. The van der Waals surface area contributed by atoms with Crippen molar-refractivity contribution in [2.75, 3.05) is 33.2 Å². The highest BCUT2D eigenvalue weighted by Crippen LogP contribution is 2.62. The summed E-state index contributed by atoms with van der Waals surface area (Å²) in [4.78, 5) is 22.1. The number of nitrogens with zero attached hydrogens (tertiary/aromatic N) is 3. The van der Waals surface area contributed by atoms with Gasteiger partial charge in [0.05, 0.1) is 4.91 Å². The molecule has 1 saturated heterocycles. The number of aromatic hydroxyl groups is 1. The van der Waals surface area contributed by atoms with E-state index < -0.39 is 5.82 Å². The normalized spacial score (nSPS) is 31.9. The number of hydrogen-bond donors (Lipinski definition) is 1. The van der Waals surface area contributed by atoms with Gasteiger partial charge in [0.1, 0.15) is 0 Å². The van der Waals surface area contributed by atoms with Crippen LogP contribution in [0.5, 0.6) is 5.75 Å². The van der Waals surface area contributed by atoms with E-state index in [1.165, 1.54) is 37.1 Å². The summed E-state index contributed by atoms with van der Waals surface area (Å²) in [7, 11) is 2.11. The summed E-state index contributed by atoms with van der Waals surface area (Å²) in [5, 5.41) is 11.7. The number of aliphatic imine (C=N–C) groups is 1. The zero-order chi connectivity index (χ0) is 26.0. The molecule has 0 radical (unpaired) electrons. The standard InChI is InChI=1S/C31H34FN3O2S/c1-34-5-7-35(8-6-34)30-33-29(37)27(38-30)13-19-3-2-4-23(12-19)24-14-25(28(36)26(32)15-24)31-16-20-9-21(17-31)11-22(10-20)18-31/h2-4,12-15,20-22,36H,5-11,16-18H2,1H3/b27-13-. The van der Waals surface area contributed by atoms with E-state index >= 15 is 4.39 Å². The first-order chi connectivity index (χ1) is 18.3. The molecule has 2 heterocycles. The minimum absolute atomic E-state index is 0.0980. The highest BCUT2D eigenvalue weighted by Gasteiger charge is 2.52. The van der Waals surface area contributed by atoms with Gasteiger partial charge in [-0.1, -0.05) is 18.2 Å². The molecule has 4 bridgehead atoms. The van der Waals surface area contributed by atoms with Gasteiger partial charge < -0.3 is 14.9 Å². The molecule has 2 aromatic carbocycles. The Balaban J connectivity index is 1.17. The molecule has 5 fully saturated rings. The number of hydrogen-bond acceptors (Lipinski definition) is 5. The Kier molecular flexibility index (Phi) is 5.93. The second-order valence-electron chi connectivity index (χ2n) is 12.3. The van der Waals surface area contributed by atoms with E-state index in [1.54, 1.807) is 0 Å². The molecule has 7 heteroatoms. The fraction of sp³-hybridized carbons (Fsp3) is 0.484. The minimum Gasteiger partial charge on any atom is -0.505 e. The van der Waals surface area contributed by atoms with Crippen molar-refractivity contribution < 1.29 is 14.3 Å². The average Bonchev–Trinajstić information content (AvgIpc) is 3.25. The van der Waals surface area contributed by atoms with E-state index in [2.05, 4.69) is 21.8 Å². The van der Waals surface area contributed by atoms with E-state index in [0.29, 0.717) is 22.7 Å². The lowest BCUT2D eigenvalue weighted by molar-refractivity contribution is -0.113. The van der Waals surface area contributed by atoms with Crippen LogP contribution in [0, 0.1) is 23.6 Å². The van der Waals surface area contributed by atoms with Gasteiger partial charge in [0, 0.05) is 31.7 Å². The van der Waals surface area contributed by atoms with Crippen molar-refractivity contribution in [2.45, 2.75) is 43.9 Å². The summed E-state index contributed by atoms with van der Waals surface area (Å²) in [6.45, 7) is 3.67. The number of carbonyl (C=O) groups excluding carboxylic acids is 1. The lowest BCUT2D eigenvalue weighted by Gasteiger charge is -2.57. The predicted octanol–water partition coefficient (Wildman–Crippen LogP) is 5.88. The Hall–Kier alpha value is -2.64. The number of phenols is 1. The van der Waals surface area contributed by atoms with Crippen molar-refractivity contribution >= 4 is 28.9 Å². The Labute approximate surface area is 227 Å². The highest BCUT2D eigenvalue weighted by molar-refractivity contribution is 8.18. The van der Waals surface area contributed by atoms with Crippen LogP contribution < -0.4 is 0 Å². The van der Waals surface area contributed by atoms with Crippen LogP contribution in [-0.2, 0) is 10.2 Å². The van der Waals surface area contributed by atoms with Gasteiger partial charge in [-0.25, -0.2) is 4.39 Å². The first kappa shape index (κ1) is 24.4. The van der Waals surface area contributed by atoms with Gasteiger partial charge in [-0.3, -0.25) is 4.79 Å². The van der Waals surface area contributed by atoms with Gasteiger partial charge >= 0.3 is 0 Å². The first-order valence-corrected chi connectivity index (χ1v) is 14.8. The Bertz CT molecular complexity index is 1330. The van der Waals surface area contributed by atoms with Crippen molar-refractivity contribution in [1.29, 1.82) is 0 Å². The number of likely N-dealkylation sites (N-methyl/N-ethyl adjacent to an activating group) is 1. The van der Waals surface area contributed by atoms with Crippen molar-refractivity contribution in [3.63, 3.8) is 0 Å². The summed E-state index contributed by atoms with van der Waals surface area (Å²) in [6, 6.07) is 11.4. The zero-order valence-electron chi connectivity index (χ0n) is 21.8. The van der Waals surface area contributed by atoms with E-state index in [9.17, 15) is 9.90 Å². The Morgan fingerprint density at radius 1 is 1.00 bits per heavy atom. The van der Waals surface area contributed by atoms with E-state index in [4.69, 9.17) is 0 Å². The van der Waals surface area contributed by atoms with Gasteiger partial charge in [-0.2, -0.15) is 4.99 Å². The molecule has 4 saturated carbocycles. The van der Waals surface area contributed by atoms with E-state index in [-0.39, 0.29) is 17.1 Å². The molecular weight excluding hydrogens is 497 g/mol. The monoisotopic (exact) mass is 531 g/mol. The van der Waals surface area contributed by atoms with Crippen LogP contribution in [0.15, 0.2) is 46.3 Å². The maximum Gasteiger partial charge on any atom is 0.286 e. The number of phenolic OH excluding ortho intramolecular Hbond substituents is 1. The number of amides is 1. The summed E-state index contributed by atoms with van der Waals surface area (Å²) in [6.07, 6.45) is 8.99. The molecule has 0 unspecified atom stereocenters. The van der Waals surface area contributed by atoms with Crippen molar-refractivity contribution in [3.05, 3.63) is 58.2 Å². The number of rotatable bonds is 3. The largest absolute Gasteiger partial charge is 0.505 e. The fourth-order valence-corrected chi connectivity index (χ4v) is 9.07. The summed E-state index contributed by atoms with van der Waals surface area (Å²) >= 11 is 1.44. The molecule has 1 N–H and O–H groups in total. The van der Waals surface area contributed by atoms with Gasteiger partial charge in [0.25, 0.3) is 5.91 Å². The molecule has 0 spiro atoms. The maximum absolute atomic E-state index is 15.2. The number of amidine groups is 1. The summed E-state index contributed by atoms with van der Waals surface area (Å²) in [5.41, 5.74) is 3.27. The fourth-order valence-electron chi connectivity index (χ4n) is 8.10. The molecule has 0 aromatic heterocycles.